The second kappa shape index (κ2) is 4.77. The number of carbonyl (C=O) groups is 1. The minimum atomic E-state index is -0.625. The third-order valence-electron chi connectivity index (χ3n) is 2.01. The summed E-state index contributed by atoms with van der Waals surface area (Å²) in [6.07, 6.45) is -0.625. The van der Waals surface area contributed by atoms with Gasteiger partial charge in [0, 0.05) is 13.5 Å². The van der Waals surface area contributed by atoms with Gasteiger partial charge in [0.15, 0.2) is 0 Å². The van der Waals surface area contributed by atoms with Gasteiger partial charge in [-0.3, -0.25) is 4.79 Å². The van der Waals surface area contributed by atoms with Crippen molar-refractivity contribution in [3.63, 3.8) is 0 Å². The minimum Gasteiger partial charge on any atom is -0.387 e. The van der Waals surface area contributed by atoms with Crippen LogP contribution < -0.4 is 5.32 Å². The molecule has 14 heavy (non-hydrogen) atoms. The van der Waals surface area contributed by atoms with Gasteiger partial charge in [-0.05, 0) is 12.5 Å². The maximum atomic E-state index is 10.6. The normalized spacial score (nSPS) is 12.2. The minimum absolute atomic E-state index is 0.129. The van der Waals surface area contributed by atoms with Crippen LogP contribution >= 0.6 is 0 Å². The number of hydrogen-bond acceptors (Lipinski definition) is 2. The van der Waals surface area contributed by atoms with Gasteiger partial charge in [0.25, 0.3) is 0 Å². The molecule has 0 aromatic heterocycles. The molecule has 1 amide bonds. The topological polar surface area (TPSA) is 49.3 Å². The van der Waals surface area contributed by atoms with Crippen LogP contribution in [0.3, 0.4) is 0 Å². The molecular formula is C11H15NO2. The van der Waals surface area contributed by atoms with E-state index in [1.807, 2.05) is 31.2 Å². The highest BCUT2D eigenvalue weighted by Gasteiger charge is 2.06. The van der Waals surface area contributed by atoms with E-state index in [-0.39, 0.29) is 12.5 Å². The Morgan fingerprint density at radius 2 is 2.00 bits per heavy atom. The van der Waals surface area contributed by atoms with Gasteiger partial charge in [-0.15, -0.1) is 0 Å². The zero-order valence-corrected chi connectivity index (χ0v) is 8.45. The molecule has 0 spiro atoms. The highest BCUT2D eigenvalue weighted by molar-refractivity contribution is 5.72. The maximum absolute atomic E-state index is 10.6. The maximum Gasteiger partial charge on any atom is 0.216 e. The molecule has 0 saturated carbocycles. The van der Waals surface area contributed by atoms with Crippen molar-refractivity contribution in [3.8, 4) is 0 Å². The van der Waals surface area contributed by atoms with Crippen LogP contribution in [0.1, 0.15) is 24.2 Å². The summed E-state index contributed by atoms with van der Waals surface area (Å²) in [6, 6.07) is 7.60. The number of nitrogens with one attached hydrogen (secondary N) is 1. The molecule has 1 aromatic carbocycles. The number of aliphatic hydroxyl groups excluding tert-OH is 1. The molecular weight excluding hydrogens is 178 g/mol. The first-order valence-electron chi connectivity index (χ1n) is 4.58. The lowest BCUT2D eigenvalue weighted by Gasteiger charge is -2.11. The van der Waals surface area contributed by atoms with Crippen LogP contribution in [0.15, 0.2) is 24.3 Å². The molecule has 1 atom stereocenters. The Morgan fingerprint density at radius 1 is 1.43 bits per heavy atom. The van der Waals surface area contributed by atoms with Gasteiger partial charge in [-0.25, -0.2) is 0 Å². The Morgan fingerprint density at radius 3 is 2.50 bits per heavy atom. The van der Waals surface area contributed by atoms with Crippen molar-refractivity contribution in [1.82, 2.24) is 5.32 Å². The lowest BCUT2D eigenvalue weighted by molar-refractivity contribution is -0.119. The first-order chi connectivity index (χ1) is 6.59. The van der Waals surface area contributed by atoms with E-state index in [2.05, 4.69) is 5.32 Å². The predicted molar refractivity (Wildman–Crippen MR) is 54.8 cm³/mol. The zero-order chi connectivity index (χ0) is 10.6. The molecule has 0 aliphatic carbocycles. The summed E-state index contributed by atoms with van der Waals surface area (Å²) >= 11 is 0. The van der Waals surface area contributed by atoms with E-state index in [1.54, 1.807) is 0 Å². The van der Waals surface area contributed by atoms with Crippen molar-refractivity contribution in [1.29, 1.82) is 0 Å². The Labute approximate surface area is 83.8 Å². The van der Waals surface area contributed by atoms with E-state index in [9.17, 15) is 9.90 Å². The smallest absolute Gasteiger partial charge is 0.216 e. The van der Waals surface area contributed by atoms with Gasteiger partial charge >= 0.3 is 0 Å². The number of amides is 1. The molecule has 1 aromatic rings. The summed E-state index contributed by atoms with van der Waals surface area (Å²) in [6.45, 7) is 3.68. The van der Waals surface area contributed by atoms with Crippen molar-refractivity contribution in [2.75, 3.05) is 6.54 Å². The number of aliphatic hydroxyl groups is 1. The lowest BCUT2D eigenvalue weighted by Crippen LogP contribution is -2.25. The number of aryl methyl sites for hydroxylation is 1. The van der Waals surface area contributed by atoms with Crippen molar-refractivity contribution in [2.24, 2.45) is 0 Å². The lowest BCUT2D eigenvalue weighted by atomic mass is 10.1. The van der Waals surface area contributed by atoms with E-state index in [4.69, 9.17) is 0 Å². The number of hydrogen-bond donors (Lipinski definition) is 2. The number of benzene rings is 1. The molecule has 3 heteroatoms. The third kappa shape index (κ3) is 3.18. The summed E-state index contributed by atoms with van der Waals surface area (Å²) in [7, 11) is 0. The van der Waals surface area contributed by atoms with Crippen molar-refractivity contribution >= 4 is 5.91 Å². The molecule has 76 valence electrons. The zero-order valence-electron chi connectivity index (χ0n) is 8.45. The fourth-order valence-corrected chi connectivity index (χ4v) is 1.15. The predicted octanol–water partition coefficient (Wildman–Crippen LogP) is 1.16. The van der Waals surface area contributed by atoms with Crippen LogP contribution in [0.4, 0.5) is 0 Å². The second-order valence-corrected chi connectivity index (χ2v) is 3.36. The number of carbonyl (C=O) groups excluding carboxylic acids is 1. The summed E-state index contributed by atoms with van der Waals surface area (Å²) < 4.78 is 0. The van der Waals surface area contributed by atoms with E-state index < -0.39 is 6.10 Å². The third-order valence-corrected chi connectivity index (χ3v) is 2.01. The van der Waals surface area contributed by atoms with Crippen LogP contribution in [0.5, 0.6) is 0 Å². The van der Waals surface area contributed by atoms with E-state index in [0.717, 1.165) is 11.1 Å². The highest BCUT2D eigenvalue weighted by atomic mass is 16.3. The van der Waals surface area contributed by atoms with Crippen LogP contribution in [0, 0.1) is 6.92 Å². The van der Waals surface area contributed by atoms with E-state index >= 15 is 0 Å². The molecule has 0 fully saturated rings. The van der Waals surface area contributed by atoms with Gasteiger partial charge in [0.05, 0.1) is 6.10 Å². The molecule has 0 heterocycles. The van der Waals surface area contributed by atoms with Gasteiger partial charge in [0.2, 0.25) is 5.91 Å². The van der Waals surface area contributed by atoms with Gasteiger partial charge < -0.3 is 10.4 Å². The first-order valence-corrected chi connectivity index (χ1v) is 4.58. The second-order valence-electron chi connectivity index (χ2n) is 3.36. The molecule has 0 aliphatic heterocycles. The number of rotatable bonds is 3. The Kier molecular flexibility index (Phi) is 3.65. The molecule has 0 aliphatic rings. The summed E-state index contributed by atoms with van der Waals surface area (Å²) in [5, 5.41) is 12.2. The van der Waals surface area contributed by atoms with Gasteiger partial charge in [-0.2, -0.15) is 0 Å². The van der Waals surface area contributed by atoms with Crippen LogP contribution in [0.2, 0.25) is 0 Å². The molecule has 1 rings (SSSR count). The van der Waals surface area contributed by atoms with Crippen molar-refractivity contribution in [3.05, 3.63) is 35.4 Å². The largest absolute Gasteiger partial charge is 0.387 e. The van der Waals surface area contributed by atoms with Crippen LogP contribution in [0.25, 0.3) is 0 Å². The molecule has 0 saturated heterocycles. The van der Waals surface area contributed by atoms with Crippen LogP contribution in [-0.2, 0) is 4.79 Å². The fourth-order valence-electron chi connectivity index (χ4n) is 1.15. The Balaban J connectivity index is 2.56. The average Bonchev–Trinajstić information content (AvgIpc) is 2.15. The summed E-state index contributed by atoms with van der Waals surface area (Å²) in [5.74, 6) is -0.129. The average molecular weight is 193 g/mol. The molecule has 1 unspecified atom stereocenters. The van der Waals surface area contributed by atoms with E-state index in [0.29, 0.717) is 0 Å². The van der Waals surface area contributed by atoms with Crippen molar-refractivity contribution < 1.29 is 9.90 Å². The van der Waals surface area contributed by atoms with Gasteiger partial charge in [0.1, 0.15) is 0 Å². The fraction of sp³-hybridized carbons (Fsp3) is 0.364. The van der Waals surface area contributed by atoms with Crippen LogP contribution in [-0.4, -0.2) is 17.6 Å². The summed E-state index contributed by atoms with van der Waals surface area (Å²) in [4.78, 5) is 10.6. The standard InChI is InChI=1S/C11H15NO2/c1-8-3-5-10(6-4-8)11(14)7-12-9(2)13/h3-6,11,14H,7H2,1-2H3,(H,12,13). The Bertz CT molecular complexity index is 306. The quantitative estimate of drug-likeness (QED) is 0.757. The molecule has 0 bridgehead atoms. The van der Waals surface area contributed by atoms with Gasteiger partial charge in [-0.1, -0.05) is 29.8 Å². The van der Waals surface area contributed by atoms with Crippen molar-refractivity contribution in [2.45, 2.75) is 20.0 Å². The molecule has 3 nitrogen and oxygen atoms in total. The monoisotopic (exact) mass is 193 g/mol. The molecule has 2 N–H and O–H groups in total. The molecule has 0 radical (unpaired) electrons. The summed E-state index contributed by atoms with van der Waals surface area (Å²) in [5.41, 5.74) is 1.98. The Hall–Kier alpha value is -1.35. The van der Waals surface area contributed by atoms with E-state index in [1.165, 1.54) is 6.92 Å². The SMILES string of the molecule is CC(=O)NCC(O)c1ccc(C)cc1. The highest BCUT2D eigenvalue weighted by Crippen LogP contribution is 2.12. The first kappa shape index (κ1) is 10.7.